The van der Waals surface area contributed by atoms with Crippen molar-refractivity contribution in [1.29, 1.82) is 0 Å². The zero-order chi connectivity index (χ0) is 16.1. The summed E-state index contributed by atoms with van der Waals surface area (Å²) in [6, 6.07) is 14.6. The van der Waals surface area contributed by atoms with Gasteiger partial charge in [-0.05, 0) is 61.2 Å². The van der Waals surface area contributed by atoms with Crippen molar-refractivity contribution in [2.75, 3.05) is 18.0 Å². The van der Waals surface area contributed by atoms with E-state index in [1.165, 1.54) is 37.1 Å². The summed E-state index contributed by atoms with van der Waals surface area (Å²) in [5, 5.41) is 10.6. The van der Waals surface area contributed by atoms with Crippen LogP contribution in [0.5, 0.6) is 0 Å². The van der Waals surface area contributed by atoms with E-state index in [9.17, 15) is 10.1 Å². The van der Waals surface area contributed by atoms with Crippen LogP contribution in [0.25, 0.3) is 0 Å². The van der Waals surface area contributed by atoms with Crippen LogP contribution in [0.3, 0.4) is 0 Å². The van der Waals surface area contributed by atoms with Crippen LogP contribution in [-0.4, -0.2) is 24.2 Å². The minimum atomic E-state index is -0.403. The first-order chi connectivity index (χ1) is 11.2. The molecule has 2 aromatic rings. The third kappa shape index (κ3) is 3.94. The Bertz CT molecular complexity index is 687. The Morgan fingerprint density at radius 3 is 2.22 bits per heavy atom. The molecule has 0 unspecified atom stereocenters. The molecule has 1 aliphatic rings. The fourth-order valence-electron chi connectivity index (χ4n) is 2.73. The maximum absolute atomic E-state index is 10.6. The lowest BCUT2D eigenvalue weighted by molar-refractivity contribution is -0.384. The predicted octanol–water partition coefficient (Wildman–Crippen LogP) is 4.34. The summed E-state index contributed by atoms with van der Waals surface area (Å²) in [4.78, 5) is 17.1. The predicted molar refractivity (Wildman–Crippen MR) is 92.9 cm³/mol. The zero-order valence-electron chi connectivity index (χ0n) is 12.9. The van der Waals surface area contributed by atoms with Crippen LogP contribution >= 0.6 is 0 Å². The van der Waals surface area contributed by atoms with Crippen molar-refractivity contribution in [2.45, 2.75) is 19.3 Å². The second-order valence-corrected chi connectivity index (χ2v) is 5.67. The van der Waals surface area contributed by atoms with Crippen molar-refractivity contribution in [3.63, 3.8) is 0 Å². The molecule has 0 bridgehead atoms. The summed E-state index contributed by atoms with van der Waals surface area (Å²) in [7, 11) is 0. The zero-order valence-corrected chi connectivity index (χ0v) is 12.9. The van der Waals surface area contributed by atoms with E-state index >= 15 is 0 Å². The van der Waals surface area contributed by atoms with Gasteiger partial charge in [-0.15, -0.1) is 0 Å². The average molecular weight is 309 g/mol. The van der Waals surface area contributed by atoms with E-state index in [0.29, 0.717) is 0 Å². The van der Waals surface area contributed by atoms with E-state index < -0.39 is 4.92 Å². The fraction of sp³-hybridized carbons (Fsp3) is 0.278. The summed E-state index contributed by atoms with van der Waals surface area (Å²) < 4.78 is 0. The summed E-state index contributed by atoms with van der Waals surface area (Å²) >= 11 is 0. The van der Waals surface area contributed by atoms with Crippen LogP contribution in [0.2, 0.25) is 0 Å². The third-order valence-corrected chi connectivity index (χ3v) is 4.04. The lowest BCUT2D eigenvalue weighted by atomic mass is 10.1. The molecule has 0 spiro atoms. The van der Waals surface area contributed by atoms with Crippen molar-refractivity contribution >= 4 is 23.3 Å². The van der Waals surface area contributed by atoms with Gasteiger partial charge in [0.1, 0.15) is 0 Å². The Hall–Kier alpha value is -2.69. The van der Waals surface area contributed by atoms with Gasteiger partial charge in [0.05, 0.1) is 10.6 Å². The van der Waals surface area contributed by atoms with E-state index in [1.54, 1.807) is 18.3 Å². The van der Waals surface area contributed by atoms with Crippen molar-refractivity contribution in [2.24, 2.45) is 4.99 Å². The normalized spacial score (nSPS) is 15.0. The Kier molecular flexibility index (Phi) is 4.66. The number of nitro groups is 1. The lowest BCUT2D eigenvalue weighted by Crippen LogP contribution is -2.29. The molecule has 1 heterocycles. The number of nitro benzene ring substituents is 1. The van der Waals surface area contributed by atoms with Crippen molar-refractivity contribution < 1.29 is 4.92 Å². The second-order valence-electron chi connectivity index (χ2n) is 5.67. The minimum Gasteiger partial charge on any atom is -0.372 e. The topological polar surface area (TPSA) is 58.7 Å². The van der Waals surface area contributed by atoms with Gasteiger partial charge in [0.25, 0.3) is 5.69 Å². The van der Waals surface area contributed by atoms with Crippen molar-refractivity contribution in [3.8, 4) is 0 Å². The van der Waals surface area contributed by atoms with E-state index in [1.807, 2.05) is 12.1 Å². The van der Waals surface area contributed by atoms with Gasteiger partial charge < -0.3 is 4.90 Å². The molecule has 5 nitrogen and oxygen atoms in total. The molecular formula is C18H19N3O2. The highest BCUT2D eigenvalue weighted by molar-refractivity contribution is 5.82. The van der Waals surface area contributed by atoms with Crippen molar-refractivity contribution in [3.05, 3.63) is 64.2 Å². The maximum Gasteiger partial charge on any atom is 0.269 e. The number of non-ortho nitro benzene ring substituents is 1. The van der Waals surface area contributed by atoms with Gasteiger partial charge in [-0.1, -0.05) is 0 Å². The molecule has 1 saturated heterocycles. The molecule has 3 rings (SSSR count). The van der Waals surface area contributed by atoms with Crippen molar-refractivity contribution in [1.82, 2.24) is 0 Å². The van der Waals surface area contributed by atoms with E-state index in [2.05, 4.69) is 22.0 Å². The smallest absolute Gasteiger partial charge is 0.269 e. The Morgan fingerprint density at radius 1 is 0.957 bits per heavy atom. The van der Waals surface area contributed by atoms with Crippen LogP contribution in [0, 0.1) is 10.1 Å². The van der Waals surface area contributed by atoms with Gasteiger partial charge >= 0.3 is 0 Å². The van der Waals surface area contributed by atoms with Crippen LogP contribution < -0.4 is 4.90 Å². The Balaban J connectivity index is 1.66. The highest BCUT2D eigenvalue weighted by atomic mass is 16.6. The molecule has 0 aliphatic carbocycles. The largest absolute Gasteiger partial charge is 0.372 e. The highest BCUT2D eigenvalue weighted by Crippen LogP contribution is 2.23. The molecule has 0 atom stereocenters. The average Bonchev–Trinajstić information content (AvgIpc) is 2.61. The van der Waals surface area contributed by atoms with Crippen LogP contribution in [0.1, 0.15) is 24.8 Å². The molecule has 1 fully saturated rings. The number of rotatable bonds is 4. The van der Waals surface area contributed by atoms with Gasteiger partial charge in [-0.25, -0.2) is 0 Å². The number of piperidine rings is 1. The second kappa shape index (κ2) is 7.05. The van der Waals surface area contributed by atoms with Gasteiger partial charge in [0.2, 0.25) is 0 Å². The van der Waals surface area contributed by atoms with E-state index in [-0.39, 0.29) is 5.69 Å². The third-order valence-electron chi connectivity index (χ3n) is 4.04. The fourth-order valence-corrected chi connectivity index (χ4v) is 2.73. The number of hydrogen-bond acceptors (Lipinski definition) is 4. The van der Waals surface area contributed by atoms with Crippen LogP contribution in [0.4, 0.5) is 17.1 Å². The molecular weight excluding hydrogens is 290 g/mol. The number of anilines is 1. The number of hydrogen-bond donors (Lipinski definition) is 0. The molecule has 23 heavy (non-hydrogen) atoms. The number of benzene rings is 2. The molecule has 0 amide bonds. The first-order valence-electron chi connectivity index (χ1n) is 7.86. The summed E-state index contributed by atoms with van der Waals surface area (Å²) in [5.74, 6) is 0. The van der Waals surface area contributed by atoms with Gasteiger partial charge in [-0.3, -0.25) is 15.1 Å². The van der Waals surface area contributed by atoms with Gasteiger partial charge in [-0.2, -0.15) is 0 Å². The Labute approximate surface area is 135 Å². The SMILES string of the molecule is O=[N+]([O-])c1ccc(C=Nc2ccc(N3CCCCC3)cc2)cc1. The molecule has 0 saturated carbocycles. The molecule has 2 aromatic carbocycles. The van der Waals surface area contributed by atoms with E-state index in [0.717, 1.165) is 24.3 Å². The molecule has 0 N–H and O–H groups in total. The molecule has 5 heteroatoms. The maximum atomic E-state index is 10.6. The van der Waals surface area contributed by atoms with Crippen LogP contribution in [0.15, 0.2) is 53.5 Å². The lowest BCUT2D eigenvalue weighted by Gasteiger charge is -2.28. The summed E-state index contributed by atoms with van der Waals surface area (Å²) in [5.41, 5.74) is 3.06. The molecule has 1 aliphatic heterocycles. The standard InChI is InChI=1S/C18H19N3O2/c22-21(23)18-8-4-15(5-9-18)14-19-16-6-10-17(11-7-16)20-12-2-1-3-13-20/h4-11,14H,1-3,12-13H2. The summed E-state index contributed by atoms with van der Waals surface area (Å²) in [6.45, 7) is 2.26. The number of aliphatic imine (C=N–C) groups is 1. The first-order valence-corrected chi connectivity index (χ1v) is 7.86. The molecule has 0 radical (unpaired) electrons. The quantitative estimate of drug-likeness (QED) is 0.479. The molecule has 0 aromatic heterocycles. The minimum absolute atomic E-state index is 0.0908. The Morgan fingerprint density at radius 2 is 1.61 bits per heavy atom. The van der Waals surface area contributed by atoms with Gasteiger partial charge in [0, 0.05) is 37.1 Å². The monoisotopic (exact) mass is 309 g/mol. The van der Waals surface area contributed by atoms with Gasteiger partial charge in [0.15, 0.2) is 0 Å². The highest BCUT2D eigenvalue weighted by Gasteiger charge is 2.10. The molecule has 118 valence electrons. The first kappa shape index (κ1) is 15.2. The number of nitrogens with zero attached hydrogens (tertiary/aromatic N) is 3. The summed E-state index contributed by atoms with van der Waals surface area (Å²) in [6.07, 6.45) is 5.58. The van der Waals surface area contributed by atoms with E-state index in [4.69, 9.17) is 0 Å². The van der Waals surface area contributed by atoms with Crippen LogP contribution in [-0.2, 0) is 0 Å².